The number of nitriles is 1. The van der Waals surface area contributed by atoms with Crippen LogP contribution in [-0.2, 0) is 22.6 Å². The van der Waals surface area contributed by atoms with E-state index in [1.54, 1.807) is 25.1 Å². The second kappa shape index (κ2) is 9.26. The lowest BCUT2D eigenvalue weighted by Gasteiger charge is -2.13. The minimum absolute atomic E-state index is 0.0578. The van der Waals surface area contributed by atoms with Crippen molar-refractivity contribution in [2.45, 2.75) is 26.4 Å². The van der Waals surface area contributed by atoms with Gasteiger partial charge in [0.2, 0.25) is 5.91 Å². The second-order valence-corrected chi connectivity index (χ2v) is 6.49. The van der Waals surface area contributed by atoms with E-state index >= 15 is 0 Å². The van der Waals surface area contributed by atoms with Gasteiger partial charge >= 0.3 is 5.97 Å². The molecule has 0 saturated heterocycles. The molecule has 2 N–H and O–H groups in total. The van der Waals surface area contributed by atoms with Crippen molar-refractivity contribution in [2.75, 3.05) is 5.32 Å². The molecule has 0 fully saturated rings. The number of hydrogen-bond acceptors (Lipinski definition) is 4. The van der Waals surface area contributed by atoms with Crippen molar-refractivity contribution in [1.82, 2.24) is 0 Å². The van der Waals surface area contributed by atoms with Crippen molar-refractivity contribution in [1.29, 1.82) is 5.26 Å². The average molecular weight is 407 g/mol. The first-order valence-electron chi connectivity index (χ1n) is 7.98. The SMILES string of the molecule is CCC(=O)Nc1cc(C#N)cc(COc2c(Cl)cc(CC(=O)O)cc2Cl)c1. The number of carbonyl (C=O) groups excluding carboxylic acids is 1. The lowest BCUT2D eigenvalue weighted by Crippen LogP contribution is -2.10. The van der Waals surface area contributed by atoms with Crippen LogP contribution in [0.1, 0.15) is 30.0 Å². The summed E-state index contributed by atoms with van der Waals surface area (Å²) in [7, 11) is 0. The Morgan fingerprint density at radius 2 is 1.81 bits per heavy atom. The first-order chi connectivity index (χ1) is 12.8. The van der Waals surface area contributed by atoms with E-state index in [-0.39, 0.29) is 34.7 Å². The van der Waals surface area contributed by atoms with Gasteiger partial charge in [0.15, 0.2) is 5.75 Å². The van der Waals surface area contributed by atoms with Crippen LogP contribution in [0, 0.1) is 11.3 Å². The number of carboxylic acids is 1. The van der Waals surface area contributed by atoms with Crippen LogP contribution in [0.15, 0.2) is 30.3 Å². The highest BCUT2D eigenvalue weighted by Crippen LogP contribution is 2.35. The zero-order valence-electron chi connectivity index (χ0n) is 14.4. The number of carboxylic acid groups (broad SMARTS) is 1. The van der Waals surface area contributed by atoms with Gasteiger partial charge < -0.3 is 15.2 Å². The molecule has 8 heteroatoms. The Kier molecular flexibility index (Phi) is 7.05. The Labute approximate surface area is 166 Å². The van der Waals surface area contributed by atoms with E-state index in [0.29, 0.717) is 28.8 Å². The molecule has 0 aliphatic heterocycles. The Bertz CT molecular complexity index is 899. The molecule has 1 amide bonds. The molecule has 0 aromatic heterocycles. The van der Waals surface area contributed by atoms with E-state index in [1.165, 1.54) is 12.1 Å². The molecule has 0 aliphatic rings. The third-order valence-corrected chi connectivity index (χ3v) is 4.08. The number of rotatable bonds is 7. The van der Waals surface area contributed by atoms with Crippen molar-refractivity contribution >= 4 is 40.8 Å². The first kappa shape index (κ1) is 20.6. The van der Waals surface area contributed by atoms with Gasteiger partial charge in [-0.05, 0) is 41.5 Å². The number of anilines is 1. The lowest BCUT2D eigenvalue weighted by molar-refractivity contribution is -0.136. The fourth-order valence-corrected chi connectivity index (χ4v) is 2.99. The van der Waals surface area contributed by atoms with Crippen LogP contribution in [0.25, 0.3) is 0 Å². The summed E-state index contributed by atoms with van der Waals surface area (Å²) in [6.07, 6.45) is 0.112. The highest BCUT2D eigenvalue weighted by Gasteiger charge is 2.13. The summed E-state index contributed by atoms with van der Waals surface area (Å²) in [6, 6.07) is 9.88. The van der Waals surface area contributed by atoms with E-state index in [1.807, 2.05) is 6.07 Å². The topological polar surface area (TPSA) is 99.4 Å². The zero-order chi connectivity index (χ0) is 20.0. The van der Waals surface area contributed by atoms with Gasteiger partial charge in [0, 0.05) is 12.1 Å². The van der Waals surface area contributed by atoms with Crippen LogP contribution in [0.4, 0.5) is 5.69 Å². The van der Waals surface area contributed by atoms with E-state index in [2.05, 4.69) is 5.32 Å². The molecule has 0 heterocycles. The Morgan fingerprint density at radius 3 is 2.37 bits per heavy atom. The summed E-state index contributed by atoms with van der Waals surface area (Å²) in [5.41, 5.74) is 1.97. The average Bonchev–Trinajstić information content (AvgIpc) is 2.60. The van der Waals surface area contributed by atoms with Crippen LogP contribution in [0.3, 0.4) is 0 Å². The van der Waals surface area contributed by atoms with E-state index in [0.717, 1.165) is 0 Å². The molecule has 0 bridgehead atoms. The number of halogens is 2. The molecule has 27 heavy (non-hydrogen) atoms. The number of aliphatic carboxylic acids is 1. The number of ether oxygens (including phenoxy) is 1. The van der Waals surface area contributed by atoms with Gasteiger partial charge in [-0.1, -0.05) is 30.1 Å². The number of nitrogens with zero attached hydrogens (tertiary/aromatic N) is 1. The normalized spacial score (nSPS) is 10.1. The molecule has 6 nitrogen and oxygen atoms in total. The molecule has 2 aromatic rings. The number of carbonyl (C=O) groups is 2. The summed E-state index contributed by atoms with van der Waals surface area (Å²) < 4.78 is 5.67. The van der Waals surface area contributed by atoms with Crippen molar-refractivity contribution in [2.24, 2.45) is 0 Å². The highest BCUT2D eigenvalue weighted by molar-refractivity contribution is 6.37. The molecule has 0 atom stereocenters. The summed E-state index contributed by atoms with van der Waals surface area (Å²) in [5, 5.41) is 21.1. The summed E-state index contributed by atoms with van der Waals surface area (Å²) >= 11 is 12.3. The zero-order valence-corrected chi connectivity index (χ0v) is 15.9. The largest absolute Gasteiger partial charge is 0.486 e. The van der Waals surface area contributed by atoms with Gasteiger partial charge in [0.1, 0.15) is 6.61 Å². The van der Waals surface area contributed by atoms with Crippen LogP contribution in [0.2, 0.25) is 10.0 Å². The quantitative estimate of drug-likeness (QED) is 0.708. The molecule has 0 radical (unpaired) electrons. The van der Waals surface area contributed by atoms with E-state index < -0.39 is 5.97 Å². The maximum atomic E-state index is 11.6. The standard InChI is InChI=1S/C19H16Cl2N2O4/c1-2-17(24)23-14-4-12(9-22)3-13(5-14)10-27-19-15(20)6-11(7-16(19)21)8-18(25)26/h3-7H,2,8,10H2,1H3,(H,23,24)(H,25,26). The van der Waals surface area contributed by atoms with E-state index in [4.69, 9.17) is 38.3 Å². The maximum absolute atomic E-state index is 11.6. The van der Waals surface area contributed by atoms with E-state index in [9.17, 15) is 9.59 Å². The maximum Gasteiger partial charge on any atom is 0.307 e. The third kappa shape index (κ3) is 5.88. The molecule has 2 rings (SSSR count). The number of nitrogens with one attached hydrogen (secondary N) is 1. The second-order valence-electron chi connectivity index (χ2n) is 5.68. The molecule has 2 aromatic carbocycles. The fourth-order valence-electron chi connectivity index (χ4n) is 2.34. The minimum atomic E-state index is -0.995. The van der Waals surface area contributed by atoms with Crippen LogP contribution >= 0.6 is 23.2 Å². The Balaban J connectivity index is 2.21. The molecule has 0 spiro atoms. The smallest absolute Gasteiger partial charge is 0.307 e. The minimum Gasteiger partial charge on any atom is -0.486 e. The Morgan fingerprint density at radius 1 is 1.15 bits per heavy atom. The van der Waals surface area contributed by atoms with Crippen molar-refractivity contribution in [3.63, 3.8) is 0 Å². The van der Waals surface area contributed by atoms with Crippen LogP contribution < -0.4 is 10.1 Å². The monoisotopic (exact) mass is 406 g/mol. The molecular formula is C19H16Cl2N2O4. The predicted octanol–water partition coefficient (Wildman–Crippen LogP) is 4.42. The van der Waals surface area contributed by atoms with Crippen LogP contribution in [-0.4, -0.2) is 17.0 Å². The van der Waals surface area contributed by atoms with Gasteiger partial charge in [0.05, 0.1) is 28.1 Å². The predicted molar refractivity (Wildman–Crippen MR) is 102 cm³/mol. The lowest BCUT2D eigenvalue weighted by atomic mass is 10.1. The summed E-state index contributed by atoms with van der Waals surface area (Å²) in [5.74, 6) is -0.947. The van der Waals surface area contributed by atoms with Crippen molar-refractivity contribution in [3.05, 3.63) is 57.1 Å². The number of benzene rings is 2. The van der Waals surface area contributed by atoms with Gasteiger partial charge in [-0.15, -0.1) is 0 Å². The number of amides is 1. The van der Waals surface area contributed by atoms with Crippen LogP contribution in [0.5, 0.6) is 5.75 Å². The molecule has 0 aliphatic carbocycles. The Hall–Kier alpha value is -2.75. The third-order valence-electron chi connectivity index (χ3n) is 3.52. The van der Waals surface area contributed by atoms with Gasteiger partial charge in [-0.3, -0.25) is 9.59 Å². The highest BCUT2D eigenvalue weighted by atomic mass is 35.5. The summed E-state index contributed by atoms with van der Waals surface area (Å²) in [4.78, 5) is 22.4. The summed E-state index contributed by atoms with van der Waals surface area (Å²) in [6.45, 7) is 1.79. The van der Waals surface area contributed by atoms with Gasteiger partial charge in [-0.2, -0.15) is 5.26 Å². The number of hydrogen-bond donors (Lipinski definition) is 2. The van der Waals surface area contributed by atoms with Crippen molar-refractivity contribution < 1.29 is 19.4 Å². The van der Waals surface area contributed by atoms with Crippen molar-refractivity contribution in [3.8, 4) is 11.8 Å². The molecular weight excluding hydrogens is 391 g/mol. The van der Waals surface area contributed by atoms with Gasteiger partial charge in [-0.25, -0.2) is 0 Å². The van der Waals surface area contributed by atoms with Gasteiger partial charge in [0.25, 0.3) is 0 Å². The molecule has 140 valence electrons. The molecule has 0 unspecified atom stereocenters. The molecule has 0 saturated carbocycles. The first-order valence-corrected chi connectivity index (χ1v) is 8.74. The fraction of sp³-hybridized carbons (Fsp3) is 0.211.